The fourth-order valence-corrected chi connectivity index (χ4v) is 4.07. The molecule has 1 saturated heterocycles. The molecule has 1 unspecified atom stereocenters. The maximum Gasteiger partial charge on any atom is 0.0602 e. The van der Waals surface area contributed by atoms with Crippen LogP contribution in [0, 0.1) is 6.92 Å². The zero-order chi connectivity index (χ0) is 18.5. The summed E-state index contributed by atoms with van der Waals surface area (Å²) >= 11 is 0. The Morgan fingerprint density at radius 3 is 2.30 bits per heavy atom. The smallest absolute Gasteiger partial charge is 0.0602 e. The number of benzene rings is 3. The van der Waals surface area contributed by atoms with Gasteiger partial charge in [-0.2, -0.15) is 0 Å². The lowest BCUT2D eigenvalue weighted by Crippen LogP contribution is -2.33. The Bertz CT molecular complexity index is 847. The Balaban J connectivity index is 1.69. The third-order valence-electron chi connectivity index (χ3n) is 5.43. The lowest BCUT2D eigenvalue weighted by Gasteiger charge is -2.31. The van der Waals surface area contributed by atoms with Gasteiger partial charge in [0.1, 0.15) is 0 Å². The summed E-state index contributed by atoms with van der Waals surface area (Å²) in [7, 11) is 0. The van der Waals surface area contributed by atoms with Gasteiger partial charge >= 0.3 is 0 Å². The molecular formula is C25H28N2. The number of rotatable bonds is 4. The third-order valence-corrected chi connectivity index (χ3v) is 5.43. The van der Waals surface area contributed by atoms with Crippen LogP contribution in [0.5, 0.6) is 0 Å². The first-order valence-electron chi connectivity index (χ1n) is 9.98. The molecule has 2 nitrogen and oxygen atoms in total. The van der Waals surface area contributed by atoms with Gasteiger partial charge in [0.25, 0.3) is 0 Å². The molecule has 1 aliphatic heterocycles. The van der Waals surface area contributed by atoms with E-state index in [2.05, 4.69) is 96.0 Å². The second kappa shape index (κ2) is 8.51. The molecule has 0 aliphatic carbocycles. The van der Waals surface area contributed by atoms with Crippen LogP contribution in [0.15, 0.2) is 78.9 Å². The predicted octanol–water partition coefficient (Wildman–Crippen LogP) is 5.05. The van der Waals surface area contributed by atoms with Gasteiger partial charge in [0.2, 0.25) is 0 Å². The summed E-state index contributed by atoms with van der Waals surface area (Å²) < 4.78 is 0. The Morgan fingerprint density at radius 2 is 1.52 bits per heavy atom. The van der Waals surface area contributed by atoms with E-state index >= 15 is 0 Å². The molecule has 0 aromatic heterocycles. The molecular weight excluding hydrogens is 328 g/mol. The Labute approximate surface area is 162 Å². The molecule has 0 saturated carbocycles. The highest BCUT2D eigenvalue weighted by atomic mass is 15.2. The van der Waals surface area contributed by atoms with Crippen LogP contribution in [-0.4, -0.2) is 31.1 Å². The van der Waals surface area contributed by atoms with Gasteiger partial charge in [-0.3, -0.25) is 4.90 Å². The van der Waals surface area contributed by atoms with Crippen molar-refractivity contribution in [2.75, 3.05) is 26.2 Å². The Hall–Kier alpha value is -2.42. The van der Waals surface area contributed by atoms with Crippen molar-refractivity contribution in [1.29, 1.82) is 0 Å². The minimum absolute atomic E-state index is 0.314. The summed E-state index contributed by atoms with van der Waals surface area (Å²) in [5.74, 6) is 0. The van der Waals surface area contributed by atoms with Crippen molar-refractivity contribution in [2.24, 2.45) is 0 Å². The predicted molar refractivity (Wildman–Crippen MR) is 114 cm³/mol. The minimum Gasteiger partial charge on any atom is -0.315 e. The summed E-state index contributed by atoms with van der Waals surface area (Å²) in [4.78, 5) is 2.63. The minimum atomic E-state index is 0.314. The zero-order valence-electron chi connectivity index (χ0n) is 16.1. The van der Waals surface area contributed by atoms with Crippen LogP contribution in [-0.2, 0) is 0 Å². The molecule has 2 heteroatoms. The normalized spacial score (nSPS) is 16.6. The van der Waals surface area contributed by atoms with Crippen LogP contribution in [0.2, 0.25) is 0 Å². The molecule has 3 aromatic rings. The standard InChI is InChI=1S/C25H28N2/c1-20-7-5-10-24(19-20)25(27-17-6-15-26-16-18-27)23-13-11-22(12-14-23)21-8-3-2-4-9-21/h2-5,7-14,19,25-26H,6,15-18H2,1H3. The van der Waals surface area contributed by atoms with Crippen molar-refractivity contribution in [1.82, 2.24) is 10.2 Å². The SMILES string of the molecule is Cc1cccc(C(c2ccc(-c3ccccc3)cc2)N2CCCNCC2)c1. The average Bonchev–Trinajstić information content (AvgIpc) is 2.99. The second-order valence-electron chi connectivity index (χ2n) is 7.44. The molecule has 1 aliphatic rings. The first-order chi connectivity index (χ1) is 13.3. The molecule has 1 fully saturated rings. The molecule has 4 rings (SSSR count). The lowest BCUT2D eigenvalue weighted by atomic mass is 9.94. The highest BCUT2D eigenvalue weighted by Gasteiger charge is 2.23. The van der Waals surface area contributed by atoms with Gasteiger partial charge in [0, 0.05) is 19.6 Å². The molecule has 1 heterocycles. The van der Waals surface area contributed by atoms with Gasteiger partial charge < -0.3 is 5.32 Å². The number of nitrogens with zero attached hydrogens (tertiary/aromatic N) is 1. The summed E-state index contributed by atoms with van der Waals surface area (Å²) in [5.41, 5.74) is 6.65. The van der Waals surface area contributed by atoms with E-state index in [9.17, 15) is 0 Å². The van der Waals surface area contributed by atoms with E-state index in [1.165, 1.54) is 34.2 Å². The van der Waals surface area contributed by atoms with Crippen molar-refractivity contribution in [3.63, 3.8) is 0 Å². The maximum atomic E-state index is 3.54. The van der Waals surface area contributed by atoms with Crippen LogP contribution in [0.1, 0.15) is 29.2 Å². The maximum absolute atomic E-state index is 3.54. The van der Waals surface area contributed by atoms with E-state index in [1.54, 1.807) is 0 Å². The molecule has 27 heavy (non-hydrogen) atoms. The number of hydrogen-bond donors (Lipinski definition) is 1. The highest BCUT2D eigenvalue weighted by molar-refractivity contribution is 5.63. The molecule has 1 N–H and O–H groups in total. The van der Waals surface area contributed by atoms with Crippen molar-refractivity contribution in [3.8, 4) is 11.1 Å². The molecule has 138 valence electrons. The van der Waals surface area contributed by atoms with Crippen molar-refractivity contribution < 1.29 is 0 Å². The first kappa shape index (κ1) is 18.0. The molecule has 0 spiro atoms. The van der Waals surface area contributed by atoms with E-state index in [4.69, 9.17) is 0 Å². The van der Waals surface area contributed by atoms with Crippen molar-refractivity contribution in [2.45, 2.75) is 19.4 Å². The lowest BCUT2D eigenvalue weighted by molar-refractivity contribution is 0.241. The van der Waals surface area contributed by atoms with Crippen LogP contribution < -0.4 is 5.32 Å². The third kappa shape index (κ3) is 4.29. The average molecular weight is 357 g/mol. The van der Waals surface area contributed by atoms with Gasteiger partial charge in [-0.25, -0.2) is 0 Å². The topological polar surface area (TPSA) is 15.3 Å². The van der Waals surface area contributed by atoms with Gasteiger partial charge in [-0.15, -0.1) is 0 Å². The number of hydrogen-bond acceptors (Lipinski definition) is 2. The molecule has 1 atom stereocenters. The fraction of sp³-hybridized carbons (Fsp3) is 0.280. The summed E-state index contributed by atoms with van der Waals surface area (Å²) in [6.07, 6.45) is 1.20. The fourth-order valence-electron chi connectivity index (χ4n) is 4.07. The molecule has 0 radical (unpaired) electrons. The van der Waals surface area contributed by atoms with Gasteiger partial charge in [0.05, 0.1) is 6.04 Å². The Kier molecular flexibility index (Phi) is 5.66. The zero-order valence-corrected chi connectivity index (χ0v) is 16.1. The first-order valence-corrected chi connectivity index (χ1v) is 9.98. The number of nitrogens with one attached hydrogen (secondary N) is 1. The molecule has 0 amide bonds. The Morgan fingerprint density at radius 1 is 0.741 bits per heavy atom. The van der Waals surface area contributed by atoms with Crippen LogP contribution in [0.4, 0.5) is 0 Å². The van der Waals surface area contributed by atoms with E-state index in [-0.39, 0.29) is 0 Å². The largest absolute Gasteiger partial charge is 0.315 e. The quantitative estimate of drug-likeness (QED) is 0.704. The van der Waals surface area contributed by atoms with Crippen LogP contribution >= 0.6 is 0 Å². The van der Waals surface area contributed by atoms with E-state index in [0.29, 0.717) is 6.04 Å². The second-order valence-corrected chi connectivity index (χ2v) is 7.44. The van der Waals surface area contributed by atoms with E-state index < -0.39 is 0 Å². The van der Waals surface area contributed by atoms with Crippen LogP contribution in [0.25, 0.3) is 11.1 Å². The van der Waals surface area contributed by atoms with Crippen molar-refractivity contribution >= 4 is 0 Å². The van der Waals surface area contributed by atoms with Crippen LogP contribution in [0.3, 0.4) is 0 Å². The monoisotopic (exact) mass is 356 g/mol. The molecule has 3 aromatic carbocycles. The number of aryl methyl sites for hydroxylation is 1. The van der Waals surface area contributed by atoms with E-state index in [0.717, 1.165) is 26.2 Å². The van der Waals surface area contributed by atoms with Gasteiger partial charge in [-0.05, 0) is 42.1 Å². The van der Waals surface area contributed by atoms with Gasteiger partial charge in [0.15, 0.2) is 0 Å². The highest BCUT2D eigenvalue weighted by Crippen LogP contribution is 2.31. The summed E-state index contributed by atoms with van der Waals surface area (Å²) in [6, 6.07) is 29.1. The van der Waals surface area contributed by atoms with Gasteiger partial charge in [-0.1, -0.05) is 84.4 Å². The van der Waals surface area contributed by atoms with Crippen molar-refractivity contribution in [3.05, 3.63) is 95.6 Å². The molecule has 0 bridgehead atoms. The van der Waals surface area contributed by atoms with E-state index in [1.807, 2.05) is 0 Å². The summed E-state index contributed by atoms with van der Waals surface area (Å²) in [6.45, 7) is 6.57. The summed E-state index contributed by atoms with van der Waals surface area (Å²) in [5, 5.41) is 3.54.